The first-order valence-electron chi connectivity index (χ1n) is 14.7. The molecule has 2 amide bonds. The van der Waals surface area contributed by atoms with Gasteiger partial charge in [-0.15, -0.1) is 0 Å². The summed E-state index contributed by atoms with van der Waals surface area (Å²) in [4.78, 5) is 79.7. The fourth-order valence-electron chi connectivity index (χ4n) is 7.72. The van der Waals surface area contributed by atoms with Gasteiger partial charge in [0.15, 0.2) is 34.7 Å². The van der Waals surface area contributed by atoms with Gasteiger partial charge in [0.1, 0.15) is 5.75 Å². The van der Waals surface area contributed by atoms with Crippen LogP contribution in [-0.4, -0.2) is 50.8 Å². The van der Waals surface area contributed by atoms with Crippen LogP contribution in [0.15, 0.2) is 60.2 Å². The van der Waals surface area contributed by atoms with Crippen molar-refractivity contribution >= 4 is 40.6 Å². The smallest absolute Gasteiger partial charge is 0.251 e. The van der Waals surface area contributed by atoms with E-state index in [2.05, 4.69) is 5.32 Å². The molecule has 2 unspecified atom stereocenters. The van der Waals surface area contributed by atoms with Crippen LogP contribution < -0.4 is 11.1 Å². The summed E-state index contributed by atoms with van der Waals surface area (Å²) in [6.07, 6.45) is 6.12. The van der Waals surface area contributed by atoms with Gasteiger partial charge in [0.2, 0.25) is 5.91 Å². The van der Waals surface area contributed by atoms with E-state index < -0.39 is 70.1 Å². The first kappa shape index (κ1) is 29.4. The monoisotopic (exact) mass is 596 g/mol. The summed E-state index contributed by atoms with van der Waals surface area (Å²) in [6.45, 7) is 3.41. The Hall–Kier alpha value is -4.70. The lowest BCUT2D eigenvalue weighted by atomic mass is 9.49. The zero-order valence-electron chi connectivity index (χ0n) is 24.2. The number of Topliss-reactive ketones (excluding diaryl/α,β-unsaturated/α-hetero) is 4. The third kappa shape index (κ3) is 4.27. The zero-order valence-corrected chi connectivity index (χ0v) is 24.2. The number of allylic oxidation sites excluding steroid dienone is 3. The van der Waals surface area contributed by atoms with Crippen molar-refractivity contribution in [3.05, 3.63) is 71.3 Å². The predicted molar refractivity (Wildman–Crippen MR) is 158 cm³/mol. The summed E-state index contributed by atoms with van der Waals surface area (Å²) >= 11 is 0. The summed E-state index contributed by atoms with van der Waals surface area (Å²) in [5.41, 5.74) is 5.49. The lowest BCUT2D eigenvalue weighted by Crippen LogP contribution is -2.71. The Morgan fingerprint density at radius 3 is 2.48 bits per heavy atom. The van der Waals surface area contributed by atoms with Crippen LogP contribution in [0.2, 0.25) is 0 Å². The molecule has 10 heteroatoms. The van der Waals surface area contributed by atoms with Gasteiger partial charge in [-0.1, -0.05) is 50.3 Å². The summed E-state index contributed by atoms with van der Waals surface area (Å²) < 4.78 is 0. The minimum Gasteiger partial charge on any atom is -0.507 e. The van der Waals surface area contributed by atoms with Gasteiger partial charge in [-0.25, -0.2) is 0 Å². The Bertz CT molecular complexity index is 1740. The minimum atomic E-state index is -2.74. The van der Waals surface area contributed by atoms with Crippen LogP contribution in [0.25, 0.3) is 11.1 Å². The largest absolute Gasteiger partial charge is 0.507 e. The number of carbonyl (C=O) groups excluding carboxylic acids is 6. The van der Waals surface area contributed by atoms with Crippen molar-refractivity contribution in [2.24, 2.45) is 41.2 Å². The second kappa shape index (κ2) is 10.5. The lowest BCUT2D eigenvalue weighted by molar-refractivity contribution is -0.182. The Kier molecular flexibility index (Phi) is 7.00. The van der Waals surface area contributed by atoms with Crippen molar-refractivity contribution < 1.29 is 39.0 Å². The van der Waals surface area contributed by atoms with E-state index in [1.807, 2.05) is 12.2 Å². The van der Waals surface area contributed by atoms with E-state index in [4.69, 9.17) is 5.73 Å². The van der Waals surface area contributed by atoms with Crippen LogP contribution in [0.4, 0.5) is 5.69 Å². The Balaban J connectivity index is 1.40. The van der Waals surface area contributed by atoms with Gasteiger partial charge in [-0.3, -0.25) is 28.8 Å². The molecule has 0 aliphatic heterocycles. The standard InChI is InChI=1S/C34H32N2O8/c1-15(2)24-22-14-18-13-21-20(17-8-5-9-19(12-17)36-33(43)16-6-3-4-7-16)10-11-23(37)26(21)29(39)25(18)30(40)34(22,44)31(41)27(28(24)38)32(35)42/h3-6,8-12,15,18,22,24-25,27,37,44H,7,13-14H2,1-2H3,(H2,35,42)(H,36,43)/t18-,22-,24-,25?,27?,34-/m0/s1. The average molecular weight is 597 g/mol. The van der Waals surface area contributed by atoms with Crippen molar-refractivity contribution in [3.63, 3.8) is 0 Å². The van der Waals surface area contributed by atoms with Crippen molar-refractivity contribution in [1.29, 1.82) is 0 Å². The molecule has 0 radical (unpaired) electrons. The quantitative estimate of drug-likeness (QED) is 0.380. The molecule has 6 atom stereocenters. The molecule has 4 aliphatic rings. The number of phenolic OH excluding ortho intramolecular Hbond substituents is 1. The SMILES string of the molecule is CC(C)[C@@H]1C(=O)C(C(N)=O)C(=O)[C@@]2(O)C(=O)C3C(=O)c4c(O)ccc(-c5cccc(NC(=O)C6=CC=CC6)c5)c4C[C@H]3C[C@@H]12. The normalized spacial score (nSPS) is 29.2. The van der Waals surface area contributed by atoms with Gasteiger partial charge >= 0.3 is 0 Å². The number of fused-ring (bicyclic) bond motifs is 3. The molecule has 0 aromatic heterocycles. The van der Waals surface area contributed by atoms with E-state index in [1.165, 1.54) is 6.07 Å². The molecule has 2 fully saturated rings. The number of hydrogen-bond donors (Lipinski definition) is 4. The molecule has 0 bridgehead atoms. The number of rotatable bonds is 5. The van der Waals surface area contributed by atoms with Crippen LogP contribution in [0.5, 0.6) is 5.75 Å². The molecule has 0 saturated heterocycles. The second-order valence-electron chi connectivity index (χ2n) is 12.5. The first-order valence-corrected chi connectivity index (χ1v) is 14.7. The topological polar surface area (TPSA) is 181 Å². The fraction of sp³-hybridized carbons (Fsp3) is 0.353. The number of aliphatic hydroxyl groups is 1. The van der Waals surface area contributed by atoms with Gasteiger partial charge in [0.25, 0.3) is 5.91 Å². The Labute approximate surface area is 253 Å². The molecule has 10 nitrogen and oxygen atoms in total. The summed E-state index contributed by atoms with van der Waals surface area (Å²) in [5.74, 6) is -12.3. The molecule has 2 aromatic rings. The van der Waals surface area contributed by atoms with Gasteiger partial charge < -0.3 is 21.3 Å². The number of ketones is 4. The molecule has 4 aliphatic carbocycles. The van der Waals surface area contributed by atoms with Crippen molar-refractivity contribution in [3.8, 4) is 16.9 Å². The van der Waals surface area contributed by atoms with Crippen molar-refractivity contribution in [1.82, 2.24) is 0 Å². The van der Waals surface area contributed by atoms with Crippen LogP contribution in [0.1, 0.15) is 42.6 Å². The number of nitrogens with two attached hydrogens (primary N) is 1. The van der Waals surface area contributed by atoms with Crippen LogP contribution >= 0.6 is 0 Å². The van der Waals surface area contributed by atoms with Crippen LogP contribution in [-0.2, 0) is 30.4 Å². The maximum atomic E-state index is 14.0. The highest BCUT2D eigenvalue weighted by molar-refractivity contribution is 6.32. The highest BCUT2D eigenvalue weighted by Crippen LogP contribution is 2.53. The third-order valence-electron chi connectivity index (χ3n) is 9.69. The highest BCUT2D eigenvalue weighted by atomic mass is 16.3. The predicted octanol–water partition coefficient (Wildman–Crippen LogP) is 2.70. The number of nitrogens with one attached hydrogen (secondary N) is 1. The van der Waals surface area contributed by atoms with Gasteiger partial charge in [0.05, 0.1) is 11.5 Å². The number of hydrogen-bond acceptors (Lipinski definition) is 8. The van der Waals surface area contributed by atoms with E-state index in [0.717, 1.165) is 0 Å². The molecular formula is C34H32N2O8. The number of phenols is 1. The van der Waals surface area contributed by atoms with Crippen LogP contribution in [0.3, 0.4) is 0 Å². The number of amides is 2. The summed E-state index contributed by atoms with van der Waals surface area (Å²) in [6, 6.07) is 10.1. The van der Waals surface area contributed by atoms with E-state index in [-0.39, 0.29) is 30.1 Å². The average Bonchev–Trinajstić information content (AvgIpc) is 3.50. The van der Waals surface area contributed by atoms with Crippen molar-refractivity contribution in [2.75, 3.05) is 5.32 Å². The van der Waals surface area contributed by atoms with Gasteiger partial charge in [0, 0.05) is 23.1 Å². The lowest BCUT2D eigenvalue weighted by Gasteiger charge is -2.52. The molecule has 0 heterocycles. The second-order valence-corrected chi connectivity index (χ2v) is 12.5. The van der Waals surface area contributed by atoms with E-state index in [1.54, 1.807) is 50.3 Å². The molecule has 44 heavy (non-hydrogen) atoms. The molecule has 226 valence electrons. The minimum absolute atomic E-state index is 0.00175. The number of anilines is 1. The fourth-order valence-corrected chi connectivity index (χ4v) is 7.72. The Morgan fingerprint density at radius 2 is 1.82 bits per heavy atom. The number of benzene rings is 2. The zero-order chi connectivity index (χ0) is 31.7. The maximum absolute atomic E-state index is 14.0. The Morgan fingerprint density at radius 1 is 1.07 bits per heavy atom. The number of aromatic hydroxyl groups is 1. The molecular weight excluding hydrogens is 564 g/mol. The molecule has 0 spiro atoms. The summed E-state index contributed by atoms with van der Waals surface area (Å²) in [7, 11) is 0. The number of primary amides is 1. The molecule has 5 N–H and O–H groups in total. The molecule has 6 rings (SSSR count). The van der Waals surface area contributed by atoms with E-state index >= 15 is 0 Å². The van der Waals surface area contributed by atoms with Crippen molar-refractivity contribution in [2.45, 2.75) is 38.7 Å². The van der Waals surface area contributed by atoms with Gasteiger partial charge in [-0.2, -0.15) is 0 Å². The van der Waals surface area contributed by atoms with E-state index in [0.29, 0.717) is 34.4 Å². The maximum Gasteiger partial charge on any atom is 0.251 e. The first-order chi connectivity index (χ1) is 20.9. The molecule has 2 saturated carbocycles. The van der Waals surface area contributed by atoms with E-state index in [9.17, 15) is 39.0 Å². The third-order valence-corrected chi connectivity index (χ3v) is 9.69. The molecule has 2 aromatic carbocycles. The number of carbonyl (C=O) groups is 6. The summed E-state index contributed by atoms with van der Waals surface area (Å²) in [5, 5.41) is 25.5. The van der Waals surface area contributed by atoms with Crippen LogP contribution in [0, 0.1) is 35.5 Å². The van der Waals surface area contributed by atoms with Gasteiger partial charge in [-0.05, 0) is 66.0 Å². The highest BCUT2D eigenvalue weighted by Gasteiger charge is 2.69.